The van der Waals surface area contributed by atoms with Crippen LogP contribution in [0.2, 0.25) is 0 Å². The highest BCUT2D eigenvalue weighted by atomic mass is 16.5. The van der Waals surface area contributed by atoms with E-state index >= 15 is 0 Å². The molecular weight excluding hydrogens is 388 g/mol. The maximum Gasteiger partial charge on any atom is 0.200 e. The molecule has 0 saturated heterocycles. The summed E-state index contributed by atoms with van der Waals surface area (Å²) in [5.41, 5.74) is 3.60. The maximum absolute atomic E-state index is 12.6. The normalized spacial score (nSPS) is 11.0. The number of benzene rings is 4. The zero-order valence-electron chi connectivity index (χ0n) is 16.6. The molecule has 0 atom stereocenters. The summed E-state index contributed by atoms with van der Waals surface area (Å²) >= 11 is 0. The molecule has 0 fully saturated rings. The van der Waals surface area contributed by atoms with Gasteiger partial charge in [-0.1, -0.05) is 66.7 Å². The van der Waals surface area contributed by atoms with Crippen molar-refractivity contribution in [1.29, 1.82) is 0 Å². The van der Waals surface area contributed by atoms with E-state index in [0.29, 0.717) is 33.3 Å². The van der Waals surface area contributed by atoms with Gasteiger partial charge in [0.15, 0.2) is 12.4 Å². The Morgan fingerprint density at radius 2 is 1.39 bits per heavy atom. The van der Waals surface area contributed by atoms with Crippen molar-refractivity contribution in [3.63, 3.8) is 0 Å². The van der Waals surface area contributed by atoms with Crippen LogP contribution in [-0.2, 0) is 0 Å². The van der Waals surface area contributed by atoms with Gasteiger partial charge < -0.3 is 9.15 Å². The third-order valence-corrected chi connectivity index (χ3v) is 5.23. The fourth-order valence-corrected chi connectivity index (χ4v) is 3.58. The lowest BCUT2D eigenvalue weighted by atomic mass is 10.0. The van der Waals surface area contributed by atoms with Gasteiger partial charge in [-0.25, -0.2) is 0 Å². The van der Waals surface area contributed by atoms with E-state index in [0.717, 1.165) is 11.1 Å². The van der Waals surface area contributed by atoms with Crippen molar-refractivity contribution in [2.24, 2.45) is 0 Å². The van der Waals surface area contributed by atoms with Gasteiger partial charge in [0.05, 0.1) is 10.8 Å². The molecule has 1 aromatic heterocycles. The van der Waals surface area contributed by atoms with E-state index in [1.807, 2.05) is 48.5 Å². The van der Waals surface area contributed by atoms with Crippen molar-refractivity contribution >= 4 is 27.7 Å². The lowest BCUT2D eigenvalue weighted by Gasteiger charge is -2.08. The molecule has 4 nitrogen and oxygen atoms in total. The smallest absolute Gasteiger partial charge is 0.200 e. The quantitative estimate of drug-likeness (QED) is 0.270. The van der Waals surface area contributed by atoms with Crippen LogP contribution in [0.1, 0.15) is 10.4 Å². The van der Waals surface area contributed by atoms with Crippen LogP contribution in [0.4, 0.5) is 0 Å². The number of para-hydroxylation sites is 1. The van der Waals surface area contributed by atoms with Gasteiger partial charge in [0.25, 0.3) is 0 Å². The summed E-state index contributed by atoms with van der Waals surface area (Å²) in [5, 5.41) is 1.02. The zero-order valence-corrected chi connectivity index (χ0v) is 16.6. The molecule has 0 radical (unpaired) electrons. The summed E-state index contributed by atoms with van der Waals surface area (Å²) in [6.07, 6.45) is 0. The Hall–Kier alpha value is -4.18. The van der Waals surface area contributed by atoms with E-state index in [9.17, 15) is 9.59 Å². The number of carbonyl (C=O) groups is 1. The molecule has 150 valence electrons. The predicted molar refractivity (Wildman–Crippen MR) is 122 cm³/mol. The summed E-state index contributed by atoms with van der Waals surface area (Å²) in [7, 11) is 0. The van der Waals surface area contributed by atoms with Gasteiger partial charge in [0, 0.05) is 11.6 Å². The lowest BCUT2D eigenvalue weighted by Crippen LogP contribution is -2.11. The van der Waals surface area contributed by atoms with Gasteiger partial charge in [0.1, 0.15) is 16.9 Å². The molecule has 0 aliphatic rings. The molecule has 4 aromatic carbocycles. The second-order valence-corrected chi connectivity index (χ2v) is 7.24. The standard InChI is InChI=1S/C27H18O4/c28-24(20-12-10-19(11-13-20)18-6-2-1-3-7-18)17-30-21-14-15-23-26(16-21)31-25-9-5-4-8-22(25)27(23)29/h1-16H,17H2. The molecule has 0 amide bonds. The van der Waals surface area contributed by atoms with Gasteiger partial charge in [-0.3, -0.25) is 9.59 Å². The largest absolute Gasteiger partial charge is 0.485 e. The topological polar surface area (TPSA) is 56.5 Å². The molecule has 0 spiro atoms. The Morgan fingerprint density at radius 3 is 2.19 bits per heavy atom. The molecule has 0 aliphatic carbocycles. The highest BCUT2D eigenvalue weighted by Crippen LogP contribution is 2.23. The van der Waals surface area contributed by atoms with E-state index in [1.165, 1.54) is 0 Å². The fraction of sp³-hybridized carbons (Fsp3) is 0.0370. The van der Waals surface area contributed by atoms with E-state index in [4.69, 9.17) is 9.15 Å². The SMILES string of the molecule is O=C(COc1ccc2c(=O)c3ccccc3oc2c1)c1ccc(-c2ccccc2)cc1. The first-order valence-corrected chi connectivity index (χ1v) is 9.96. The zero-order chi connectivity index (χ0) is 21.2. The Morgan fingerprint density at radius 1 is 0.710 bits per heavy atom. The average molecular weight is 406 g/mol. The molecule has 5 aromatic rings. The number of fused-ring (bicyclic) bond motifs is 2. The molecule has 1 heterocycles. The number of carbonyl (C=O) groups excluding carboxylic acids is 1. The van der Waals surface area contributed by atoms with E-state index in [2.05, 4.69) is 0 Å². The van der Waals surface area contributed by atoms with Crippen LogP contribution in [0, 0.1) is 0 Å². The Kier molecular flexibility index (Phi) is 4.81. The molecule has 0 bridgehead atoms. The van der Waals surface area contributed by atoms with Crippen LogP contribution in [0.5, 0.6) is 5.75 Å². The van der Waals surface area contributed by atoms with E-state index in [1.54, 1.807) is 48.5 Å². The van der Waals surface area contributed by atoms with Gasteiger partial charge in [0.2, 0.25) is 5.43 Å². The van der Waals surface area contributed by atoms with Crippen LogP contribution in [0.25, 0.3) is 33.1 Å². The molecule has 0 unspecified atom stereocenters. The van der Waals surface area contributed by atoms with E-state index in [-0.39, 0.29) is 17.8 Å². The first-order chi connectivity index (χ1) is 15.2. The van der Waals surface area contributed by atoms with Gasteiger partial charge in [-0.2, -0.15) is 0 Å². The molecule has 0 N–H and O–H groups in total. The van der Waals surface area contributed by atoms with Gasteiger partial charge in [-0.15, -0.1) is 0 Å². The molecule has 31 heavy (non-hydrogen) atoms. The Bertz CT molecular complexity index is 1450. The van der Waals surface area contributed by atoms with Crippen LogP contribution in [0.15, 0.2) is 106 Å². The summed E-state index contributed by atoms with van der Waals surface area (Å²) in [6, 6.07) is 29.6. The van der Waals surface area contributed by atoms with Crippen LogP contribution in [-0.4, -0.2) is 12.4 Å². The highest BCUT2D eigenvalue weighted by molar-refractivity contribution is 5.97. The van der Waals surface area contributed by atoms with Gasteiger partial charge >= 0.3 is 0 Å². The monoisotopic (exact) mass is 406 g/mol. The van der Waals surface area contributed by atoms with Crippen molar-refractivity contribution < 1.29 is 13.9 Å². The van der Waals surface area contributed by atoms with Crippen LogP contribution < -0.4 is 10.2 Å². The molecule has 0 aliphatic heterocycles. The van der Waals surface area contributed by atoms with Crippen molar-refractivity contribution in [2.75, 3.05) is 6.61 Å². The van der Waals surface area contributed by atoms with Crippen molar-refractivity contribution in [3.8, 4) is 16.9 Å². The highest BCUT2D eigenvalue weighted by Gasteiger charge is 2.11. The molecular formula is C27H18O4. The second kappa shape index (κ2) is 7.92. The molecule has 0 saturated carbocycles. The summed E-state index contributed by atoms with van der Waals surface area (Å²) in [5.74, 6) is 0.347. The molecule has 4 heteroatoms. The number of hydrogen-bond donors (Lipinski definition) is 0. The Labute approximate surface area is 178 Å². The number of Topliss-reactive ketones (excluding diaryl/α,β-unsaturated/α-hetero) is 1. The minimum absolute atomic E-state index is 0.0852. The van der Waals surface area contributed by atoms with Crippen molar-refractivity contribution in [1.82, 2.24) is 0 Å². The first kappa shape index (κ1) is 18.8. The summed E-state index contributed by atoms with van der Waals surface area (Å²) in [4.78, 5) is 25.2. The fourth-order valence-electron chi connectivity index (χ4n) is 3.58. The summed E-state index contributed by atoms with van der Waals surface area (Å²) in [6.45, 7) is -0.103. The number of ketones is 1. The van der Waals surface area contributed by atoms with Crippen molar-refractivity contribution in [3.05, 3.63) is 113 Å². The van der Waals surface area contributed by atoms with Crippen LogP contribution in [0.3, 0.4) is 0 Å². The predicted octanol–water partition coefficient (Wildman–Crippen LogP) is 5.87. The maximum atomic E-state index is 12.6. The Balaban J connectivity index is 1.34. The number of hydrogen-bond acceptors (Lipinski definition) is 4. The van der Waals surface area contributed by atoms with Gasteiger partial charge in [-0.05, 0) is 35.4 Å². The number of rotatable bonds is 5. The third kappa shape index (κ3) is 3.71. The first-order valence-electron chi connectivity index (χ1n) is 9.96. The van der Waals surface area contributed by atoms with Crippen LogP contribution >= 0.6 is 0 Å². The molecule has 5 rings (SSSR count). The third-order valence-electron chi connectivity index (χ3n) is 5.23. The van der Waals surface area contributed by atoms with E-state index < -0.39 is 0 Å². The second-order valence-electron chi connectivity index (χ2n) is 7.24. The average Bonchev–Trinajstić information content (AvgIpc) is 2.83. The minimum Gasteiger partial charge on any atom is -0.485 e. The summed E-state index contributed by atoms with van der Waals surface area (Å²) < 4.78 is 11.5. The number of ether oxygens (including phenoxy) is 1. The minimum atomic E-state index is -0.125. The lowest BCUT2D eigenvalue weighted by molar-refractivity contribution is 0.0921. The van der Waals surface area contributed by atoms with Crippen molar-refractivity contribution in [2.45, 2.75) is 0 Å².